The Bertz CT molecular complexity index is 822. The van der Waals surface area contributed by atoms with Gasteiger partial charge < -0.3 is 5.11 Å². The fourth-order valence-electron chi connectivity index (χ4n) is 2.92. The van der Waals surface area contributed by atoms with E-state index in [9.17, 15) is 9.90 Å². The molecule has 2 aromatic carbocycles. The van der Waals surface area contributed by atoms with Crippen molar-refractivity contribution in [3.05, 3.63) is 63.3 Å². The van der Waals surface area contributed by atoms with Crippen LogP contribution in [0.25, 0.3) is 16.7 Å². The molecular formula is C19H16Cl2O2. The van der Waals surface area contributed by atoms with Crippen LogP contribution in [0.2, 0.25) is 10.0 Å². The van der Waals surface area contributed by atoms with Crippen LogP contribution in [0.1, 0.15) is 30.9 Å². The average molecular weight is 347 g/mol. The Kier molecular flexibility index (Phi) is 4.47. The summed E-state index contributed by atoms with van der Waals surface area (Å²) in [5, 5.41) is 11.1. The Hall–Kier alpha value is -1.77. The van der Waals surface area contributed by atoms with Gasteiger partial charge in [-0.1, -0.05) is 48.3 Å². The molecule has 0 saturated heterocycles. The molecule has 0 amide bonds. The SMILES string of the molecule is CCc1ccc(-c2ccc(Cl)c(Cl)c2)cc1C1=C(O)CCC1=O. The van der Waals surface area contributed by atoms with Crippen LogP contribution in [0.15, 0.2) is 42.2 Å². The smallest absolute Gasteiger partial charge is 0.167 e. The molecule has 1 aliphatic rings. The molecule has 0 fully saturated rings. The monoisotopic (exact) mass is 346 g/mol. The summed E-state index contributed by atoms with van der Waals surface area (Å²) < 4.78 is 0. The van der Waals surface area contributed by atoms with E-state index in [4.69, 9.17) is 23.2 Å². The van der Waals surface area contributed by atoms with Crippen molar-refractivity contribution < 1.29 is 9.90 Å². The zero-order chi connectivity index (χ0) is 16.6. The highest BCUT2D eigenvalue weighted by molar-refractivity contribution is 6.42. The molecule has 0 bridgehead atoms. The molecule has 1 aliphatic carbocycles. The van der Waals surface area contributed by atoms with E-state index >= 15 is 0 Å². The van der Waals surface area contributed by atoms with Gasteiger partial charge in [0.05, 0.1) is 15.6 Å². The third-order valence-electron chi connectivity index (χ3n) is 4.17. The van der Waals surface area contributed by atoms with E-state index in [1.165, 1.54) is 0 Å². The zero-order valence-corrected chi connectivity index (χ0v) is 14.2. The van der Waals surface area contributed by atoms with Crippen molar-refractivity contribution in [2.75, 3.05) is 0 Å². The first kappa shape index (κ1) is 16.1. The fourth-order valence-corrected chi connectivity index (χ4v) is 3.22. The predicted octanol–water partition coefficient (Wildman–Crippen LogP) is 5.85. The number of carbonyl (C=O) groups excluding carboxylic acids is 1. The lowest BCUT2D eigenvalue weighted by Gasteiger charge is -2.12. The maximum Gasteiger partial charge on any atom is 0.167 e. The van der Waals surface area contributed by atoms with Gasteiger partial charge in [-0.05, 0) is 46.9 Å². The maximum absolute atomic E-state index is 12.1. The van der Waals surface area contributed by atoms with Gasteiger partial charge in [-0.2, -0.15) is 0 Å². The van der Waals surface area contributed by atoms with Gasteiger partial charge in [0, 0.05) is 12.8 Å². The van der Waals surface area contributed by atoms with E-state index in [1.54, 1.807) is 12.1 Å². The number of ketones is 1. The molecule has 2 nitrogen and oxygen atoms in total. The van der Waals surface area contributed by atoms with Crippen LogP contribution in [0.5, 0.6) is 0 Å². The van der Waals surface area contributed by atoms with Crippen molar-refractivity contribution in [2.24, 2.45) is 0 Å². The number of aryl methyl sites for hydroxylation is 1. The number of aliphatic hydroxyl groups excluding tert-OH is 1. The first-order valence-corrected chi connectivity index (χ1v) is 8.31. The topological polar surface area (TPSA) is 37.3 Å². The lowest BCUT2D eigenvalue weighted by molar-refractivity contribution is -0.113. The summed E-state index contributed by atoms with van der Waals surface area (Å²) in [7, 11) is 0. The van der Waals surface area contributed by atoms with Crippen LogP contribution in [0.4, 0.5) is 0 Å². The fraction of sp³-hybridized carbons (Fsp3) is 0.211. The highest BCUT2D eigenvalue weighted by Crippen LogP contribution is 2.35. The van der Waals surface area contributed by atoms with E-state index in [0.717, 1.165) is 28.7 Å². The molecule has 2 aromatic rings. The van der Waals surface area contributed by atoms with E-state index in [2.05, 4.69) is 0 Å². The number of rotatable bonds is 3. The molecule has 0 radical (unpaired) electrons. The minimum absolute atomic E-state index is 0.00323. The summed E-state index contributed by atoms with van der Waals surface area (Å²) in [5.41, 5.74) is 4.19. The number of Topliss-reactive ketones (excluding diaryl/α,β-unsaturated/α-hetero) is 1. The molecule has 0 saturated carbocycles. The predicted molar refractivity (Wildman–Crippen MR) is 95.1 cm³/mol. The van der Waals surface area contributed by atoms with Crippen molar-refractivity contribution in [1.82, 2.24) is 0 Å². The summed E-state index contributed by atoms with van der Waals surface area (Å²) in [6.45, 7) is 2.04. The quantitative estimate of drug-likeness (QED) is 0.756. The molecule has 4 heteroatoms. The summed E-state index contributed by atoms with van der Waals surface area (Å²) in [6, 6.07) is 11.4. The summed E-state index contributed by atoms with van der Waals surface area (Å²) in [6.07, 6.45) is 1.59. The second-order valence-electron chi connectivity index (χ2n) is 5.60. The lowest BCUT2D eigenvalue weighted by Crippen LogP contribution is -2.01. The van der Waals surface area contributed by atoms with Crippen LogP contribution in [-0.2, 0) is 11.2 Å². The van der Waals surface area contributed by atoms with Crippen molar-refractivity contribution in [3.8, 4) is 11.1 Å². The third-order valence-corrected chi connectivity index (χ3v) is 4.91. The van der Waals surface area contributed by atoms with Gasteiger partial charge in [0.1, 0.15) is 5.76 Å². The summed E-state index contributed by atoms with van der Waals surface area (Å²) in [4.78, 5) is 12.1. The Balaban J connectivity index is 2.15. The Morgan fingerprint density at radius 1 is 1.00 bits per heavy atom. The van der Waals surface area contributed by atoms with Gasteiger partial charge in [-0.25, -0.2) is 0 Å². The molecule has 0 aliphatic heterocycles. The average Bonchev–Trinajstić information content (AvgIpc) is 2.88. The second-order valence-corrected chi connectivity index (χ2v) is 6.41. The van der Waals surface area contributed by atoms with E-state index in [0.29, 0.717) is 28.5 Å². The third kappa shape index (κ3) is 3.01. The molecular weight excluding hydrogens is 331 g/mol. The van der Waals surface area contributed by atoms with Gasteiger partial charge in [0.15, 0.2) is 5.78 Å². The Labute approximate surface area is 145 Å². The number of aliphatic hydroxyl groups is 1. The Morgan fingerprint density at radius 3 is 2.30 bits per heavy atom. The molecule has 0 heterocycles. The largest absolute Gasteiger partial charge is 0.512 e. The van der Waals surface area contributed by atoms with Crippen LogP contribution in [0.3, 0.4) is 0 Å². The molecule has 0 aromatic heterocycles. The number of hydrogen-bond acceptors (Lipinski definition) is 2. The van der Waals surface area contributed by atoms with Crippen LogP contribution in [0, 0.1) is 0 Å². The maximum atomic E-state index is 12.1. The van der Waals surface area contributed by atoms with Crippen LogP contribution < -0.4 is 0 Å². The number of benzene rings is 2. The molecule has 0 unspecified atom stereocenters. The molecule has 118 valence electrons. The minimum atomic E-state index is 0.00323. The lowest BCUT2D eigenvalue weighted by atomic mass is 9.92. The van der Waals surface area contributed by atoms with Crippen LogP contribution >= 0.6 is 23.2 Å². The summed E-state index contributed by atoms with van der Waals surface area (Å²) in [5.74, 6) is 0.194. The highest BCUT2D eigenvalue weighted by Gasteiger charge is 2.26. The zero-order valence-electron chi connectivity index (χ0n) is 12.7. The van der Waals surface area contributed by atoms with E-state index in [-0.39, 0.29) is 11.5 Å². The number of halogens is 2. The first-order chi connectivity index (χ1) is 11.0. The summed E-state index contributed by atoms with van der Waals surface area (Å²) >= 11 is 12.1. The van der Waals surface area contributed by atoms with Crippen molar-refractivity contribution >= 4 is 34.6 Å². The number of allylic oxidation sites excluding steroid dienone is 2. The molecule has 0 spiro atoms. The van der Waals surface area contributed by atoms with Crippen molar-refractivity contribution in [1.29, 1.82) is 0 Å². The van der Waals surface area contributed by atoms with E-state index < -0.39 is 0 Å². The van der Waals surface area contributed by atoms with Crippen molar-refractivity contribution in [2.45, 2.75) is 26.2 Å². The standard InChI is InChI=1S/C19H16Cl2O2/c1-2-11-3-4-12(13-5-6-15(20)16(21)10-13)9-14(11)19-17(22)7-8-18(19)23/h3-6,9-10,22H,2,7-8H2,1H3. The minimum Gasteiger partial charge on any atom is -0.512 e. The molecule has 0 atom stereocenters. The van der Waals surface area contributed by atoms with Gasteiger partial charge >= 0.3 is 0 Å². The molecule has 23 heavy (non-hydrogen) atoms. The second kappa shape index (κ2) is 6.38. The first-order valence-electron chi connectivity index (χ1n) is 7.55. The molecule has 1 N–H and O–H groups in total. The normalized spacial score (nSPS) is 14.7. The Morgan fingerprint density at radius 2 is 1.70 bits per heavy atom. The molecule has 3 rings (SSSR count). The number of carbonyl (C=O) groups is 1. The van der Waals surface area contributed by atoms with Gasteiger partial charge in [0.2, 0.25) is 0 Å². The number of hydrogen-bond donors (Lipinski definition) is 1. The van der Waals surface area contributed by atoms with Gasteiger partial charge in [0.25, 0.3) is 0 Å². The van der Waals surface area contributed by atoms with E-state index in [1.807, 2.05) is 31.2 Å². The van der Waals surface area contributed by atoms with Gasteiger partial charge in [-0.15, -0.1) is 0 Å². The van der Waals surface area contributed by atoms with Crippen LogP contribution in [-0.4, -0.2) is 10.9 Å². The van der Waals surface area contributed by atoms with Crippen molar-refractivity contribution in [3.63, 3.8) is 0 Å². The van der Waals surface area contributed by atoms with Gasteiger partial charge in [-0.3, -0.25) is 4.79 Å². The highest BCUT2D eigenvalue weighted by atomic mass is 35.5.